The number of nitriles is 1. The van der Waals surface area contributed by atoms with Gasteiger partial charge in [0, 0.05) is 13.1 Å². The first kappa shape index (κ1) is 26.1. The molecule has 0 aliphatic carbocycles. The maximum Gasteiger partial charge on any atom is 0.191 e. The third kappa shape index (κ3) is 7.18. The minimum Gasteiger partial charge on any atom is -0.382 e. The van der Waals surface area contributed by atoms with Crippen molar-refractivity contribution in [3.8, 4) is 11.8 Å². The highest BCUT2D eigenvalue weighted by Crippen LogP contribution is 2.21. The van der Waals surface area contributed by atoms with E-state index in [9.17, 15) is 9.65 Å². The largest absolute Gasteiger partial charge is 0.382 e. The van der Waals surface area contributed by atoms with Crippen molar-refractivity contribution in [2.24, 2.45) is 4.99 Å². The molecule has 0 aliphatic rings. The van der Waals surface area contributed by atoms with Gasteiger partial charge in [-0.15, -0.1) is 24.0 Å². The predicted octanol–water partition coefficient (Wildman–Crippen LogP) is 4.08. The molecule has 0 unspecified atom stereocenters. The number of aliphatic imine (C=N–C) groups is 1. The number of nitrogens with one attached hydrogen (secondary N) is 2. The Kier molecular flexibility index (Phi) is 10.1. The Morgan fingerprint density at radius 2 is 1.85 bits per heavy atom. The van der Waals surface area contributed by atoms with Crippen molar-refractivity contribution in [3.63, 3.8) is 0 Å². The molecule has 4 N–H and O–H groups in total. The van der Waals surface area contributed by atoms with E-state index in [-0.39, 0.29) is 35.6 Å². The van der Waals surface area contributed by atoms with Crippen molar-refractivity contribution >= 4 is 35.8 Å². The van der Waals surface area contributed by atoms with Gasteiger partial charge in [-0.3, -0.25) is 0 Å². The Labute approximate surface area is 210 Å². The number of anilines is 1. The van der Waals surface area contributed by atoms with Gasteiger partial charge in [0.1, 0.15) is 23.3 Å². The molecule has 1 aromatic heterocycles. The standard InChI is InChI=1S/C24H28FN7.HI/c1-3-28-24(30-16-18-8-6-17(2)7-9-18)29-14-4-5-22-21(15-26)23(27)32(31-22)20-12-10-19(25)11-13-20;/h6-13H,3-5,14,16,27H2,1-2H3,(H2,28,29,30);1H. The van der Waals surface area contributed by atoms with Gasteiger partial charge in [0.2, 0.25) is 0 Å². The van der Waals surface area contributed by atoms with E-state index in [0.717, 1.165) is 24.5 Å². The van der Waals surface area contributed by atoms with Crippen LogP contribution < -0.4 is 16.4 Å². The van der Waals surface area contributed by atoms with Crippen molar-refractivity contribution in [3.05, 3.63) is 76.7 Å². The molecule has 3 rings (SSSR count). The summed E-state index contributed by atoms with van der Waals surface area (Å²) in [4.78, 5) is 4.63. The quantitative estimate of drug-likeness (QED) is 0.167. The molecule has 0 spiro atoms. The molecule has 7 nitrogen and oxygen atoms in total. The molecule has 2 aromatic carbocycles. The fourth-order valence-corrected chi connectivity index (χ4v) is 3.22. The zero-order valence-electron chi connectivity index (χ0n) is 18.8. The summed E-state index contributed by atoms with van der Waals surface area (Å²) in [6.07, 6.45) is 1.31. The molecular formula is C24H29FIN7. The topological polar surface area (TPSA) is 104 Å². The van der Waals surface area contributed by atoms with Gasteiger partial charge < -0.3 is 16.4 Å². The van der Waals surface area contributed by atoms with Gasteiger partial charge in [-0.25, -0.2) is 14.1 Å². The normalized spacial score (nSPS) is 10.9. The molecule has 9 heteroatoms. The van der Waals surface area contributed by atoms with Crippen molar-refractivity contribution in [2.45, 2.75) is 33.2 Å². The second-order valence-corrected chi connectivity index (χ2v) is 7.42. The lowest BCUT2D eigenvalue weighted by atomic mass is 10.1. The molecule has 174 valence electrons. The zero-order chi connectivity index (χ0) is 22.9. The second kappa shape index (κ2) is 12.8. The first-order valence-electron chi connectivity index (χ1n) is 10.6. The summed E-state index contributed by atoms with van der Waals surface area (Å²) in [6, 6.07) is 16.3. The fraction of sp³-hybridized carbons (Fsp3) is 0.292. The summed E-state index contributed by atoms with van der Waals surface area (Å²) < 4.78 is 14.7. The lowest BCUT2D eigenvalue weighted by Gasteiger charge is -2.11. The number of hydrogen-bond acceptors (Lipinski definition) is 4. The van der Waals surface area contributed by atoms with Crippen molar-refractivity contribution in [1.29, 1.82) is 5.26 Å². The van der Waals surface area contributed by atoms with Crippen LogP contribution in [0, 0.1) is 24.1 Å². The monoisotopic (exact) mass is 561 g/mol. The summed E-state index contributed by atoms with van der Waals surface area (Å²) in [6.45, 7) is 6.09. The SMILES string of the molecule is CCNC(=NCc1ccc(C)cc1)NCCCc1nn(-c2ccc(F)cc2)c(N)c1C#N.I. The third-order valence-electron chi connectivity index (χ3n) is 4.94. The zero-order valence-corrected chi connectivity index (χ0v) is 21.1. The number of halogens is 2. The molecule has 0 aliphatic heterocycles. The Hall–Kier alpha value is -3.13. The van der Waals surface area contributed by atoms with E-state index in [2.05, 4.69) is 58.0 Å². The molecule has 0 fully saturated rings. The van der Waals surface area contributed by atoms with Crippen LogP contribution in [-0.4, -0.2) is 28.8 Å². The minimum absolute atomic E-state index is 0. The summed E-state index contributed by atoms with van der Waals surface area (Å²) >= 11 is 0. The minimum atomic E-state index is -0.341. The predicted molar refractivity (Wildman–Crippen MR) is 140 cm³/mol. The smallest absolute Gasteiger partial charge is 0.191 e. The summed E-state index contributed by atoms with van der Waals surface area (Å²) in [7, 11) is 0. The van der Waals surface area contributed by atoms with Gasteiger partial charge in [0.25, 0.3) is 0 Å². The van der Waals surface area contributed by atoms with Crippen molar-refractivity contribution in [2.75, 3.05) is 18.8 Å². The molecule has 0 radical (unpaired) electrons. The summed E-state index contributed by atoms with van der Waals surface area (Å²) in [5.41, 5.74) is 10.1. The number of hydrogen-bond donors (Lipinski definition) is 3. The van der Waals surface area contributed by atoms with Gasteiger partial charge in [-0.2, -0.15) is 10.4 Å². The Balaban J connectivity index is 0.00000385. The van der Waals surface area contributed by atoms with Gasteiger partial charge in [-0.1, -0.05) is 29.8 Å². The van der Waals surface area contributed by atoms with E-state index >= 15 is 0 Å². The van der Waals surface area contributed by atoms with Crippen LogP contribution in [0.1, 0.15) is 35.7 Å². The van der Waals surface area contributed by atoms with Crippen LogP contribution in [-0.2, 0) is 13.0 Å². The van der Waals surface area contributed by atoms with E-state index in [0.29, 0.717) is 36.5 Å². The summed E-state index contributed by atoms with van der Waals surface area (Å²) in [5, 5.41) is 20.6. The van der Waals surface area contributed by atoms with Gasteiger partial charge in [-0.05, 0) is 56.5 Å². The van der Waals surface area contributed by atoms with Crippen LogP contribution >= 0.6 is 24.0 Å². The molecule has 0 saturated heterocycles. The highest BCUT2D eigenvalue weighted by atomic mass is 127. The van der Waals surface area contributed by atoms with Crippen LogP contribution in [0.25, 0.3) is 5.69 Å². The van der Waals surface area contributed by atoms with Crippen molar-refractivity contribution < 1.29 is 4.39 Å². The van der Waals surface area contributed by atoms with Crippen LogP contribution in [0.3, 0.4) is 0 Å². The lowest BCUT2D eigenvalue weighted by Crippen LogP contribution is -2.37. The molecule has 33 heavy (non-hydrogen) atoms. The number of benzene rings is 2. The van der Waals surface area contributed by atoms with E-state index in [1.807, 2.05) is 6.92 Å². The number of guanidine groups is 1. The molecule has 1 heterocycles. The van der Waals surface area contributed by atoms with Crippen LogP contribution in [0.15, 0.2) is 53.5 Å². The first-order chi connectivity index (χ1) is 15.5. The van der Waals surface area contributed by atoms with E-state index < -0.39 is 0 Å². The molecule has 0 atom stereocenters. The van der Waals surface area contributed by atoms with Crippen molar-refractivity contribution in [1.82, 2.24) is 20.4 Å². The highest BCUT2D eigenvalue weighted by molar-refractivity contribution is 14.0. The number of rotatable bonds is 8. The molecular weight excluding hydrogens is 532 g/mol. The third-order valence-corrected chi connectivity index (χ3v) is 4.94. The second-order valence-electron chi connectivity index (χ2n) is 7.42. The Morgan fingerprint density at radius 3 is 2.48 bits per heavy atom. The van der Waals surface area contributed by atoms with E-state index in [1.54, 1.807) is 12.1 Å². The summed E-state index contributed by atoms with van der Waals surface area (Å²) in [5.74, 6) is 0.659. The van der Waals surface area contributed by atoms with E-state index in [4.69, 9.17) is 5.73 Å². The van der Waals surface area contributed by atoms with Gasteiger partial charge in [0.15, 0.2) is 5.96 Å². The molecule has 0 bridgehead atoms. The van der Waals surface area contributed by atoms with Crippen LogP contribution in [0.2, 0.25) is 0 Å². The van der Waals surface area contributed by atoms with Gasteiger partial charge in [0.05, 0.1) is 17.9 Å². The number of nitrogens with zero attached hydrogens (tertiary/aromatic N) is 4. The van der Waals surface area contributed by atoms with Gasteiger partial charge >= 0.3 is 0 Å². The molecule has 0 amide bonds. The fourth-order valence-electron chi connectivity index (χ4n) is 3.22. The molecule has 0 saturated carbocycles. The molecule has 3 aromatic rings. The Morgan fingerprint density at radius 1 is 1.15 bits per heavy atom. The number of nitrogens with two attached hydrogens (primary N) is 1. The van der Waals surface area contributed by atoms with Crippen LogP contribution in [0.4, 0.5) is 10.2 Å². The number of aromatic nitrogens is 2. The van der Waals surface area contributed by atoms with E-state index in [1.165, 1.54) is 22.4 Å². The van der Waals surface area contributed by atoms with Crippen LogP contribution in [0.5, 0.6) is 0 Å². The average molecular weight is 561 g/mol. The average Bonchev–Trinajstić information content (AvgIpc) is 3.11. The number of nitrogen functional groups attached to an aromatic ring is 1. The first-order valence-corrected chi connectivity index (χ1v) is 10.6. The highest BCUT2D eigenvalue weighted by Gasteiger charge is 2.16. The lowest BCUT2D eigenvalue weighted by molar-refractivity contribution is 0.627. The maximum atomic E-state index is 13.2. The maximum absolute atomic E-state index is 13.2. The number of aryl methyl sites for hydroxylation is 2. The Bertz CT molecular complexity index is 1100.